The van der Waals surface area contributed by atoms with Crippen molar-refractivity contribution >= 4 is 22.9 Å². The molecule has 2 saturated carbocycles. The smallest absolute Gasteiger partial charge is 0.178 e. The molecule has 5 nitrogen and oxygen atoms in total. The fourth-order valence-electron chi connectivity index (χ4n) is 9.49. The van der Waals surface area contributed by atoms with E-state index in [2.05, 4.69) is 64.7 Å². The maximum absolute atomic E-state index is 13.6. The van der Waals surface area contributed by atoms with Crippen LogP contribution in [0.2, 0.25) is 0 Å². The molecule has 0 saturated heterocycles. The van der Waals surface area contributed by atoms with Crippen LogP contribution in [0.5, 0.6) is 0 Å². The first-order chi connectivity index (χ1) is 18.9. The van der Waals surface area contributed by atoms with Gasteiger partial charge in [-0.05, 0) is 85.4 Å². The molecule has 0 amide bonds. The van der Waals surface area contributed by atoms with E-state index in [1.165, 1.54) is 12.8 Å². The second-order valence-corrected chi connectivity index (χ2v) is 17.4. The molecular weight excluding hydrogens is 526 g/mol. The maximum Gasteiger partial charge on any atom is 0.178 e. The molecule has 2 fully saturated rings. The zero-order valence-corrected chi connectivity index (χ0v) is 28.2. The zero-order chi connectivity index (χ0) is 30.6. The Hall–Kier alpha value is -1.87. The third-order valence-electron chi connectivity index (χ3n) is 12.4. The molecule has 1 aromatic heterocycles. The molecule has 0 aliphatic heterocycles. The van der Waals surface area contributed by atoms with Crippen LogP contribution in [0.4, 0.5) is 0 Å². The van der Waals surface area contributed by atoms with Crippen LogP contribution in [0.15, 0.2) is 11.6 Å². The van der Waals surface area contributed by atoms with E-state index in [-0.39, 0.29) is 50.3 Å². The van der Waals surface area contributed by atoms with Gasteiger partial charge in [-0.2, -0.15) is 5.26 Å². The van der Waals surface area contributed by atoms with Crippen molar-refractivity contribution in [2.75, 3.05) is 0 Å². The van der Waals surface area contributed by atoms with Crippen LogP contribution in [0.3, 0.4) is 0 Å². The molecule has 0 spiro atoms. The maximum atomic E-state index is 13.6. The van der Waals surface area contributed by atoms with Gasteiger partial charge in [0.05, 0.1) is 5.57 Å². The molecule has 6 atom stereocenters. The van der Waals surface area contributed by atoms with Crippen LogP contribution in [0.25, 0.3) is 0 Å². The van der Waals surface area contributed by atoms with Crippen molar-refractivity contribution in [3.8, 4) is 6.07 Å². The highest BCUT2D eigenvalue weighted by Crippen LogP contribution is 2.70. The fraction of sp³-hybridized carbons (Fsp3) is 0.800. The molecule has 3 aliphatic rings. The van der Waals surface area contributed by atoms with E-state index in [0.29, 0.717) is 18.6 Å². The molecule has 226 valence electrons. The van der Waals surface area contributed by atoms with E-state index in [4.69, 9.17) is 0 Å². The van der Waals surface area contributed by atoms with Gasteiger partial charge in [0.25, 0.3) is 0 Å². The number of rotatable bonds is 9. The summed E-state index contributed by atoms with van der Waals surface area (Å²) < 4.78 is 0. The molecule has 0 bridgehead atoms. The summed E-state index contributed by atoms with van der Waals surface area (Å²) in [7, 11) is 0. The number of carbonyl (C=O) groups is 2. The van der Waals surface area contributed by atoms with E-state index in [0.717, 1.165) is 48.5 Å². The molecule has 3 aliphatic carbocycles. The summed E-state index contributed by atoms with van der Waals surface area (Å²) in [5.41, 5.74) is -0.748. The number of ketones is 2. The lowest BCUT2D eigenvalue weighted by Gasteiger charge is -2.66. The van der Waals surface area contributed by atoms with Crippen LogP contribution in [0.1, 0.15) is 137 Å². The number of hydrogen-bond acceptors (Lipinski definition) is 6. The molecular formula is C35H53N3O2S. The van der Waals surface area contributed by atoms with Gasteiger partial charge in [0.2, 0.25) is 0 Å². The van der Waals surface area contributed by atoms with Gasteiger partial charge in [-0.15, -0.1) is 21.5 Å². The third kappa shape index (κ3) is 5.39. The number of carbonyl (C=O) groups excluding carboxylic acids is 2. The lowest BCUT2D eigenvalue weighted by atomic mass is 9.37. The van der Waals surface area contributed by atoms with Crippen molar-refractivity contribution in [1.82, 2.24) is 10.2 Å². The molecule has 0 radical (unpaired) electrons. The SMILES string of the molecule is CCCC(C)(C)CC[C@@](C)(CC[C@]1(C)CC(=O)C[C@@H]2[C@@]3(C)C=C(C#N)C(=O)C(C)(C)[C@@H]3CC[C@]21C)c1nnc(C)s1. The van der Waals surface area contributed by atoms with Crippen LogP contribution < -0.4 is 0 Å². The topological polar surface area (TPSA) is 83.7 Å². The minimum atomic E-state index is -0.605. The number of aryl methyl sites for hydroxylation is 1. The summed E-state index contributed by atoms with van der Waals surface area (Å²) in [5, 5.41) is 21.1. The molecule has 0 unspecified atom stereocenters. The Bertz CT molecular complexity index is 1270. The van der Waals surface area contributed by atoms with Gasteiger partial charge in [0.1, 0.15) is 21.9 Å². The van der Waals surface area contributed by atoms with E-state index in [9.17, 15) is 14.9 Å². The Labute approximate surface area is 253 Å². The zero-order valence-electron chi connectivity index (χ0n) is 27.4. The summed E-state index contributed by atoms with van der Waals surface area (Å²) >= 11 is 1.72. The normalized spacial score (nSPS) is 34.7. The van der Waals surface area contributed by atoms with Gasteiger partial charge in [-0.1, -0.05) is 74.8 Å². The van der Waals surface area contributed by atoms with Gasteiger partial charge < -0.3 is 0 Å². The highest BCUT2D eigenvalue weighted by molar-refractivity contribution is 7.11. The second-order valence-electron chi connectivity index (χ2n) is 16.2. The van der Waals surface area contributed by atoms with Crippen molar-refractivity contribution < 1.29 is 9.59 Å². The summed E-state index contributed by atoms with van der Waals surface area (Å²) in [6, 6.07) is 2.22. The Morgan fingerprint density at radius 1 is 1.02 bits per heavy atom. The molecule has 1 aromatic rings. The molecule has 6 heteroatoms. The third-order valence-corrected chi connectivity index (χ3v) is 13.6. The van der Waals surface area contributed by atoms with E-state index in [1.54, 1.807) is 11.3 Å². The van der Waals surface area contributed by atoms with Crippen LogP contribution in [-0.4, -0.2) is 21.8 Å². The van der Waals surface area contributed by atoms with Crippen LogP contribution in [0, 0.1) is 57.2 Å². The van der Waals surface area contributed by atoms with Gasteiger partial charge in [-0.25, -0.2) is 0 Å². The van der Waals surface area contributed by atoms with Crippen molar-refractivity contribution in [3.63, 3.8) is 0 Å². The quantitative estimate of drug-likeness (QED) is 0.291. The van der Waals surface area contributed by atoms with E-state index < -0.39 is 5.41 Å². The first-order valence-corrected chi connectivity index (χ1v) is 16.7. The summed E-state index contributed by atoms with van der Waals surface area (Å²) in [5.74, 6) is 0.526. The van der Waals surface area contributed by atoms with Crippen molar-refractivity contribution in [1.29, 1.82) is 5.26 Å². The Balaban J connectivity index is 1.70. The fourth-order valence-corrected chi connectivity index (χ4v) is 10.4. The molecule has 0 aromatic carbocycles. The van der Waals surface area contributed by atoms with Gasteiger partial charge in [-0.3, -0.25) is 9.59 Å². The highest BCUT2D eigenvalue weighted by atomic mass is 32.1. The lowest BCUT2D eigenvalue weighted by molar-refractivity contribution is -0.174. The first-order valence-electron chi connectivity index (χ1n) is 15.9. The predicted molar refractivity (Wildman–Crippen MR) is 166 cm³/mol. The summed E-state index contributed by atoms with van der Waals surface area (Å²) in [6.07, 6.45) is 11.6. The minimum Gasteiger partial charge on any atom is -0.300 e. The van der Waals surface area contributed by atoms with Crippen molar-refractivity contribution in [3.05, 3.63) is 21.7 Å². The first kappa shape index (κ1) is 32.1. The Morgan fingerprint density at radius 3 is 2.29 bits per heavy atom. The number of allylic oxidation sites excluding steroid dienone is 2. The average Bonchev–Trinajstić information content (AvgIpc) is 3.32. The molecule has 41 heavy (non-hydrogen) atoms. The molecule has 1 heterocycles. The number of hydrogen-bond donors (Lipinski definition) is 0. The average molecular weight is 580 g/mol. The summed E-state index contributed by atoms with van der Waals surface area (Å²) in [4.78, 5) is 26.9. The van der Waals surface area contributed by atoms with Crippen LogP contribution >= 0.6 is 11.3 Å². The van der Waals surface area contributed by atoms with Crippen LogP contribution in [-0.2, 0) is 15.0 Å². The van der Waals surface area contributed by atoms with E-state index >= 15 is 0 Å². The Morgan fingerprint density at radius 2 is 1.71 bits per heavy atom. The number of nitriles is 1. The number of Topliss-reactive ketones (excluding diaryl/α,β-unsaturated/α-hetero) is 2. The number of nitrogens with zero attached hydrogens (tertiary/aromatic N) is 3. The Kier molecular flexibility index (Phi) is 8.36. The molecule has 0 N–H and O–H groups in total. The lowest BCUT2D eigenvalue weighted by Crippen LogP contribution is -2.62. The second kappa shape index (κ2) is 10.7. The van der Waals surface area contributed by atoms with Gasteiger partial charge in [0.15, 0.2) is 5.78 Å². The number of aromatic nitrogens is 2. The van der Waals surface area contributed by atoms with E-state index in [1.807, 2.05) is 26.8 Å². The monoisotopic (exact) mass is 579 g/mol. The number of fused-ring (bicyclic) bond motifs is 3. The van der Waals surface area contributed by atoms with Crippen molar-refractivity contribution in [2.45, 2.75) is 139 Å². The summed E-state index contributed by atoms with van der Waals surface area (Å²) in [6.45, 7) is 22.5. The predicted octanol–water partition coefficient (Wildman–Crippen LogP) is 8.96. The largest absolute Gasteiger partial charge is 0.300 e. The van der Waals surface area contributed by atoms with Crippen molar-refractivity contribution in [2.24, 2.45) is 38.9 Å². The standard InChI is InChI=1S/C35H53N3O2S/c1-11-13-30(3,4)15-16-32(7,29-38-37-23(2)41-29)17-18-33(8)21-25(39)19-27-34(9)20-24(22-36)28(40)31(5,6)26(34)12-14-35(27,33)10/h20,26-27H,11-19,21H2,1-10H3/t26-,27+,32-,33+,34-,35+/m0/s1. The van der Waals surface area contributed by atoms with Gasteiger partial charge in [0, 0.05) is 23.7 Å². The molecule has 4 rings (SSSR count). The minimum absolute atomic E-state index is 0.0370. The van der Waals surface area contributed by atoms with Gasteiger partial charge >= 0.3 is 0 Å². The highest BCUT2D eigenvalue weighted by Gasteiger charge is 2.66.